The first-order valence-electron chi connectivity index (χ1n) is 8.62. The number of benzene rings is 1. The van der Waals surface area contributed by atoms with Crippen molar-refractivity contribution in [3.8, 4) is 0 Å². The van der Waals surface area contributed by atoms with Crippen LogP contribution in [-0.2, 0) is 0 Å². The largest absolute Gasteiger partial charge is 0.352 e. The molecule has 26 heavy (non-hydrogen) atoms. The summed E-state index contributed by atoms with van der Waals surface area (Å²) in [7, 11) is 0. The number of para-hydroxylation sites is 1. The number of nitrogens with zero attached hydrogens (tertiary/aromatic N) is 2. The molecule has 1 aliphatic rings. The van der Waals surface area contributed by atoms with Crippen LogP contribution < -0.4 is 10.6 Å². The van der Waals surface area contributed by atoms with Crippen molar-refractivity contribution >= 4 is 40.7 Å². The first-order valence-corrected chi connectivity index (χ1v) is 9.38. The molecule has 1 aromatic carbocycles. The summed E-state index contributed by atoms with van der Waals surface area (Å²) in [5.74, 6) is 0.146. The Bertz CT molecular complexity index is 785. The molecule has 7 heteroatoms. The number of aromatic nitrogens is 2. The normalized spacial score (nSPS) is 13.8. The number of carbonyl (C=O) groups is 1. The third kappa shape index (κ3) is 4.96. The van der Waals surface area contributed by atoms with Crippen LogP contribution in [0.2, 0.25) is 10.0 Å². The lowest BCUT2D eigenvalue weighted by Crippen LogP contribution is -2.25. The molecule has 5 nitrogen and oxygen atoms in total. The van der Waals surface area contributed by atoms with E-state index in [0.29, 0.717) is 33.8 Å². The van der Waals surface area contributed by atoms with Crippen LogP contribution in [0.5, 0.6) is 0 Å². The number of allylic oxidation sites excluding steroid dienone is 1. The number of anilines is 2. The van der Waals surface area contributed by atoms with Gasteiger partial charge in [0.1, 0.15) is 0 Å². The van der Waals surface area contributed by atoms with Crippen LogP contribution in [0.4, 0.5) is 11.6 Å². The van der Waals surface area contributed by atoms with Crippen LogP contribution in [0.25, 0.3) is 0 Å². The lowest BCUT2D eigenvalue weighted by Gasteiger charge is -2.13. The minimum Gasteiger partial charge on any atom is -0.352 e. The van der Waals surface area contributed by atoms with Gasteiger partial charge in [-0.15, -0.1) is 0 Å². The van der Waals surface area contributed by atoms with E-state index >= 15 is 0 Å². The van der Waals surface area contributed by atoms with Crippen LogP contribution in [0.15, 0.2) is 42.2 Å². The Hall–Kier alpha value is -2.11. The standard InChI is InChI=1S/C19H20Cl2N4O/c20-15-7-4-8-16(21)17(15)25-19-23-11-14(12-24-19)18(26)22-10-9-13-5-2-1-3-6-13/h4-5,7-8,11-12H,1-3,6,9-10H2,(H,22,26)(H,23,24,25). The van der Waals surface area contributed by atoms with E-state index in [-0.39, 0.29) is 5.91 Å². The van der Waals surface area contributed by atoms with E-state index in [0.717, 1.165) is 19.3 Å². The molecule has 0 fully saturated rings. The molecule has 0 atom stereocenters. The topological polar surface area (TPSA) is 66.9 Å². The van der Waals surface area contributed by atoms with Gasteiger partial charge in [-0.2, -0.15) is 0 Å². The second-order valence-corrected chi connectivity index (χ2v) is 6.95. The van der Waals surface area contributed by atoms with E-state index in [4.69, 9.17) is 23.2 Å². The maximum Gasteiger partial charge on any atom is 0.254 e. The van der Waals surface area contributed by atoms with Crippen molar-refractivity contribution in [2.75, 3.05) is 11.9 Å². The second-order valence-electron chi connectivity index (χ2n) is 6.13. The average Bonchev–Trinajstić information content (AvgIpc) is 2.66. The van der Waals surface area contributed by atoms with Gasteiger partial charge < -0.3 is 10.6 Å². The summed E-state index contributed by atoms with van der Waals surface area (Å²) >= 11 is 12.2. The lowest BCUT2D eigenvalue weighted by molar-refractivity contribution is 0.0953. The van der Waals surface area contributed by atoms with E-state index in [2.05, 4.69) is 26.7 Å². The lowest BCUT2D eigenvalue weighted by atomic mass is 9.97. The van der Waals surface area contributed by atoms with Crippen molar-refractivity contribution in [1.82, 2.24) is 15.3 Å². The predicted molar refractivity (Wildman–Crippen MR) is 105 cm³/mol. The summed E-state index contributed by atoms with van der Waals surface area (Å²) in [6, 6.07) is 5.20. The highest BCUT2D eigenvalue weighted by Crippen LogP contribution is 2.31. The summed E-state index contributed by atoms with van der Waals surface area (Å²) in [6.45, 7) is 0.625. The van der Waals surface area contributed by atoms with Gasteiger partial charge in [0, 0.05) is 18.9 Å². The Morgan fingerprint density at radius 3 is 2.50 bits per heavy atom. The molecule has 136 valence electrons. The molecule has 3 rings (SSSR count). The molecule has 1 aromatic heterocycles. The molecular weight excluding hydrogens is 371 g/mol. The maximum absolute atomic E-state index is 12.2. The summed E-state index contributed by atoms with van der Waals surface area (Å²) < 4.78 is 0. The highest BCUT2D eigenvalue weighted by Gasteiger charge is 2.10. The monoisotopic (exact) mass is 390 g/mol. The van der Waals surface area contributed by atoms with E-state index < -0.39 is 0 Å². The van der Waals surface area contributed by atoms with Gasteiger partial charge in [-0.25, -0.2) is 9.97 Å². The third-order valence-corrected chi connectivity index (χ3v) is 4.86. The molecule has 0 bridgehead atoms. The van der Waals surface area contributed by atoms with Gasteiger partial charge in [-0.3, -0.25) is 4.79 Å². The van der Waals surface area contributed by atoms with Crippen LogP contribution >= 0.6 is 23.2 Å². The Morgan fingerprint density at radius 1 is 1.12 bits per heavy atom. The fraction of sp³-hybridized carbons (Fsp3) is 0.316. The Kier molecular flexibility index (Phi) is 6.47. The van der Waals surface area contributed by atoms with Crippen molar-refractivity contribution in [2.45, 2.75) is 32.1 Å². The average molecular weight is 391 g/mol. The molecule has 0 saturated carbocycles. The Labute approximate surface area is 162 Å². The third-order valence-electron chi connectivity index (χ3n) is 4.23. The summed E-state index contributed by atoms with van der Waals surface area (Å²) in [6.07, 6.45) is 11.0. The van der Waals surface area contributed by atoms with Crippen LogP contribution in [-0.4, -0.2) is 22.4 Å². The van der Waals surface area contributed by atoms with Crippen LogP contribution in [0.1, 0.15) is 42.5 Å². The van der Waals surface area contributed by atoms with Gasteiger partial charge in [-0.1, -0.05) is 40.9 Å². The molecule has 1 heterocycles. The molecule has 0 unspecified atom stereocenters. The number of hydrogen-bond donors (Lipinski definition) is 2. The molecule has 0 aliphatic heterocycles. The summed E-state index contributed by atoms with van der Waals surface area (Å²) in [5, 5.41) is 6.82. The predicted octanol–water partition coefficient (Wildman–Crippen LogP) is 5.15. The van der Waals surface area contributed by atoms with Crippen molar-refractivity contribution in [3.05, 3.63) is 57.9 Å². The Balaban J connectivity index is 1.55. The molecule has 0 saturated heterocycles. The van der Waals surface area contributed by atoms with Gasteiger partial charge in [0.15, 0.2) is 0 Å². The van der Waals surface area contributed by atoms with E-state index in [1.165, 1.54) is 30.8 Å². The summed E-state index contributed by atoms with van der Waals surface area (Å²) in [4.78, 5) is 20.5. The zero-order valence-corrected chi connectivity index (χ0v) is 15.8. The highest BCUT2D eigenvalue weighted by molar-refractivity contribution is 6.39. The van der Waals surface area contributed by atoms with E-state index in [1.807, 2.05) is 0 Å². The number of rotatable bonds is 6. The minimum atomic E-state index is -0.177. The molecular formula is C19H20Cl2N4O. The second kappa shape index (κ2) is 9.01. The smallest absolute Gasteiger partial charge is 0.254 e. The maximum atomic E-state index is 12.2. The molecule has 2 aromatic rings. The molecule has 2 N–H and O–H groups in total. The first-order chi connectivity index (χ1) is 12.6. The fourth-order valence-electron chi connectivity index (χ4n) is 2.81. The van der Waals surface area contributed by atoms with E-state index in [9.17, 15) is 4.79 Å². The SMILES string of the molecule is O=C(NCCC1=CCCCC1)c1cnc(Nc2c(Cl)cccc2Cl)nc1. The van der Waals surface area contributed by atoms with Gasteiger partial charge in [-0.05, 0) is 44.2 Å². The van der Waals surface area contributed by atoms with Crippen molar-refractivity contribution in [1.29, 1.82) is 0 Å². The van der Waals surface area contributed by atoms with Crippen molar-refractivity contribution < 1.29 is 4.79 Å². The molecule has 0 radical (unpaired) electrons. The number of hydrogen-bond acceptors (Lipinski definition) is 4. The van der Waals surface area contributed by atoms with Crippen molar-refractivity contribution in [2.24, 2.45) is 0 Å². The number of amides is 1. The number of nitrogens with one attached hydrogen (secondary N) is 2. The van der Waals surface area contributed by atoms with Crippen molar-refractivity contribution in [3.63, 3.8) is 0 Å². The van der Waals surface area contributed by atoms with Gasteiger partial charge in [0.25, 0.3) is 5.91 Å². The molecule has 1 aliphatic carbocycles. The number of halogens is 2. The summed E-state index contributed by atoms with van der Waals surface area (Å²) in [5.41, 5.74) is 2.39. The quantitative estimate of drug-likeness (QED) is 0.669. The van der Waals surface area contributed by atoms with Crippen LogP contribution in [0.3, 0.4) is 0 Å². The van der Waals surface area contributed by atoms with E-state index in [1.54, 1.807) is 18.2 Å². The van der Waals surface area contributed by atoms with Crippen LogP contribution in [0, 0.1) is 0 Å². The highest BCUT2D eigenvalue weighted by atomic mass is 35.5. The van der Waals surface area contributed by atoms with Gasteiger partial charge in [0.05, 0.1) is 21.3 Å². The molecule has 1 amide bonds. The number of carbonyl (C=O) groups excluding carboxylic acids is 1. The minimum absolute atomic E-state index is 0.177. The zero-order valence-electron chi connectivity index (χ0n) is 14.3. The van der Waals surface area contributed by atoms with Gasteiger partial charge in [0.2, 0.25) is 5.95 Å². The first kappa shape index (κ1) is 18.7. The fourth-order valence-corrected chi connectivity index (χ4v) is 3.30. The Morgan fingerprint density at radius 2 is 1.85 bits per heavy atom. The van der Waals surface area contributed by atoms with Gasteiger partial charge >= 0.3 is 0 Å². The zero-order chi connectivity index (χ0) is 18.4. The molecule has 0 spiro atoms.